The third-order valence-corrected chi connectivity index (χ3v) is 7.73. The molecule has 1 saturated carbocycles. The molecule has 3 N–H and O–H groups in total. The molecule has 10 nitrogen and oxygen atoms in total. The van der Waals surface area contributed by atoms with Gasteiger partial charge in [-0.25, -0.2) is 0 Å². The largest absolute Gasteiger partial charge is 0.496 e. The van der Waals surface area contributed by atoms with Gasteiger partial charge >= 0.3 is 5.97 Å². The molecule has 0 aliphatic heterocycles. The number of carbonyl (C=O) groups excluding carboxylic acids is 2. The lowest BCUT2D eigenvalue weighted by molar-refractivity contribution is -0.138. The van der Waals surface area contributed by atoms with Crippen molar-refractivity contribution >= 4 is 17.8 Å². The molecule has 2 atom stereocenters. The van der Waals surface area contributed by atoms with Gasteiger partial charge in [0.25, 0.3) is 5.91 Å². The summed E-state index contributed by atoms with van der Waals surface area (Å²) in [7, 11) is 3.18. The summed E-state index contributed by atoms with van der Waals surface area (Å²) in [5.41, 5.74) is 1.65. The number of amides is 2. The number of nitrogens with one attached hydrogen (secondary N) is 2. The number of carbonyl (C=O) groups is 3. The minimum atomic E-state index is -1.11. The Morgan fingerprint density at radius 2 is 1.80 bits per heavy atom. The maximum Gasteiger partial charge on any atom is 0.322 e. The quantitative estimate of drug-likeness (QED) is 0.291. The van der Waals surface area contributed by atoms with E-state index >= 15 is 0 Å². The fraction of sp³-hybridized carbons (Fsp3) is 0.600. The van der Waals surface area contributed by atoms with E-state index in [2.05, 4.69) is 29.6 Å². The summed E-state index contributed by atoms with van der Waals surface area (Å²) >= 11 is 0. The number of nitrogens with zero attached hydrogens (tertiary/aromatic N) is 2. The average Bonchev–Trinajstić information content (AvgIpc) is 3.37. The Morgan fingerprint density at radius 1 is 1.12 bits per heavy atom. The molecule has 0 bridgehead atoms. The maximum absolute atomic E-state index is 13.5. The SMILES string of the molecule is CCC(C)Cn1nc(C(=O)N[C@@H](CCC2CCCCC2)CC(=O)NCC(=O)O)cc1-c1c(OC)cccc1OC. The zero-order chi connectivity index (χ0) is 29.1. The molecule has 0 spiro atoms. The molecule has 1 aliphatic carbocycles. The molecule has 3 rings (SSSR count). The average molecular weight is 557 g/mol. The molecule has 0 radical (unpaired) electrons. The van der Waals surface area contributed by atoms with Crippen molar-refractivity contribution in [3.63, 3.8) is 0 Å². The van der Waals surface area contributed by atoms with Crippen molar-refractivity contribution in [1.82, 2.24) is 20.4 Å². The Hall–Kier alpha value is -3.56. The van der Waals surface area contributed by atoms with Crippen LogP contribution >= 0.6 is 0 Å². The van der Waals surface area contributed by atoms with Gasteiger partial charge in [0, 0.05) is 19.0 Å². The van der Waals surface area contributed by atoms with E-state index in [4.69, 9.17) is 14.6 Å². The van der Waals surface area contributed by atoms with E-state index in [9.17, 15) is 14.4 Å². The van der Waals surface area contributed by atoms with Gasteiger partial charge in [0.1, 0.15) is 18.0 Å². The summed E-state index contributed by atoms with van der Waals surface area (Å²) in [4.78, 5) is 36.9. The van der Waals surface area contributed by atoms with Crippen LogP contribution in [0.15, 0.2) is 24.3 Å². The van der Waals surface area contributed by atoms with Crippen molar-refractivity contribution < 1.29 is 29.0 Å². The summed E-state index contributed by atoms with van der Waals surface area (Å²) < 4.78 is 13.1. The van der Waals surface area contributed by atoms with Gasteiger partial charge in [-0.2, -0.15) is 5.10 Å². The Bertz CT molecular complexity index is 1120. The second kappa shape index (κ2) is 15.3. The van der Waals surface area contributed by atoms with E-state index in [0.717, 1.165) is 25.7 Å². The summed E-state index contributed by atoms with van der Waals surface area (Å²) in [5, 5.41) is 19.0. The van der Waals surface area contributed by atoms with Crippen LogP contribution in [0.2, 0.25) is 0 Å². The molecule has 2 amide bonds. The number of aromatic nitrogens is 2. The molecular weight excluding hydrogens is 512 g/mol. The highest BCUT2D eigenvalue weighted by Gasteiger charge is 2.25. The normalized spacial score (nSPS) is 15.2. The molecule has 1 aliphatic rings. The van der Waals surface area contributed by atoms with Crippen molar-refractivity contribution in [3.8, 4) is 22.8 Å². The number of ether oxygens (including phenoxy) is 2. The number of aliphatic carboxylic acids is 1. The number of benzene rings is 1. The van der Waals surface area contributed by atoms with Crippen molar-refractivity contribution in [2.75, 3.05) is 20.8 Å². The van der Waals surface area contributed by atoms with E-state index in [-0.39, 0.29) is 18.0 Å². The van der Waals surface area contributed by atoms with Crippen molar-refractivity contribution in [2.45, 2.75) is 84.2 Å². The van der Waals surface area contributed by atoms with Gasteiger partial charge in [0.05, 0.1) is 25.5 Å². The number of carboxylic acid groups (broad SMARTS) is 1. The van der Waals surface area contributed by atoms with Gasteiger partial charge in [0.2, 0.25) is 5.91 Å². The monoisotopic (exact) mass is 556 g/mol. The van der Waals surface area contributed by atoms with Crippen molar-refractivity contribution in [1.29, 1.82) is 0 Å². The Morgan fingerprint density at radius 3 is 2.40 bits per heavy atom. The number of carboxylic acids is 1. The van der Waals surface area contributed by atoms with Crippen LogP contribution < -0.4 is 20.1 Å². The highest BCUT2D eigenvalue weighted by Crippen LogP contribution is 2.39. The fourth-order valence-corrected chi connectivity index (χ4v) is 5.26. The molecule has 2 aromatic rings. The first-order chi connectivity index (χ1) is 19.2. The van der Waals surface area contributed by atoms with Gasteiger partial charge in [-0.3, -0.25) is 19.1 Å². The lowest BCUT2D eigenvalue weighted by atomic mass is 9.85. The molecule has 10 heteroatoms. The molecule has 1 aromatic heterocycles. The van der Waals surface area contributed by atoms with Gasteiger partial charge in [-0.15, -0.1) is 0 Å². The summed E-state index contributed by atoms with van der Waals surface area (Å²) in [6.07, 6.45) is 8.50. The van der Waals surface area contributed by atoms with Crippen LogP contribution in [0.4, 0.5) is 0 Å². The number of methoxy groups -OCH3 is 2. The van der Waals surface area contributed by atoms with Crippen LogP contribution in [-0.2, 0) is 16.1 Å². The van der Waals surface area contributed by atoms with Crippen molar-refractivity contribution in [3.05, 3.63) is 30.0 Å². The van der Waals surface area contributed by atoms with E-state index in [1.165, 1.54) is 19.3 Å². The number of hydrogen-bond acceptors (Lipinski definition) is 6. The van der Waals surface area contributed by atoms with Crippen LogP contribution in [0.3, 0.4) is 0 Å². The van der Waals surface area contributed by atoms with E-state index in [1.807, 2.05) is 22.9 Å². The molecule has 1 aromatic carbocycles. The Balaban J connectivity index is 1.87. The fourth-order valence-electron chi connectivity index (χ4n) is 5.26. The first-order valence-electron chi connectivity index (χ1n) is 14.3. The maximum atomic E-state index is 13.5. The molecule has 220 valence electrons. The summed E-state index contributed by atoms with van der Waals surface area (Å²) in [6, 6.07) is 6.83. The second-order valence-electron chi connectivity index (χ2n) is 10.8. The number of rotatable bonds is 15. The molecular formula is C30H44N4O6. The number of hydrogen-bond donors (Lipinski definition) is 3. The van der Waals surface area contributed by atoms with Crippen LogP contribution in [-0.4, -0.2) is 59.5 Å². The molecule has 1 heterocycles. The standard InChI is InChI=1S/C30H44N4O6/c1-5-20(2)19-34-24(29-25(39-3)12-9-13-26(29)40-4)17-23(33-34)30(38)32-22(16-27(35)31-18-28(36)37)15-14-21-10-7-6-8-11-21/h9,12-13,17,20-22H,5-8,10-11,14-16,18-19H2,1-4H3,(H,31,35)(H,32,38)(H,36,37)/t20?,22-/m0/s1. The molecule has 1 fully saturated rings. The highest BCUT2D eigenvalue weighted by atomic mass is 16.5. The first kappa shape index (κ1) is 31.0. The minimum absolute atomic E-state index is 0.00645. The second-order valence-corrected chi connectivity index (χ2v) is 10.8. The van der Waals surface area contributed by atoms with Gasteiger partial charge < -0.3 is 25.2 Å². The van der Waals surface area contributed by atoms with E-state index in [1.54, 1.807) is 20.3 Å². The zero-order valence-electron chi connectivity index (χ0n) is 24.2. The lowest BCUT2D eigenvalue weighted by Gasteiger charge is -2.24. The predicted octanol–water partition coefficient (Wildman–Crippen LogP) is 4.66. The molecule has 40 heavy (non-hydrogen) atoms. The van der Waals surface area contributed by atoms with E-state index < -0.39 is 24.5 Å². The minimum Gasteiger partial charge on any atom is -0.496 e. The van der Waals surface area contributed by atoms with Gasteiger partial charge in [0.15, 0.2) is 5.69 Å². The lowest BCUT2D eigenvalue weighted by Crippen LogP contribution is -2.40. The van der Waals surface area contributed by atoms with Gasteiger partial charge in [-0.05, 0) is 42.9 Å². The highest BCUT2D eigenvalue weighted by molar-refractivity contribution is 5.94. The third kappa shape index (κ3) is 8.72. The Kier molecular flexibility index (Phi) is 11.8. The summed E-state index contributed by atoms with van der Waals surface area (Å²) in [5.74, 6) is 0.221. The third-order valence-electron chi connectivity index (χ3n) is 7.73. The van der Waals surface area contributed by atoms with Crippen LogP contribution in [0.5, 0.6) is 11.5 Å². The first-order valence-corrected chi connectivity index (χ1v) is 14.3. The van der Waals surface area contributed by atoms with E-state index in [0.29, 0.717) is 47.6 Å². The van der Waals surface area contributed by atoms with Crippen molar-refractivity contribution in [2.24, 2.45) is 11.8 Å². The van der Waals surface area contributed by atoms with Crippen LogP contribution in [0.25, 0.3) is 11.3 Å². The molecule has 1 unspecified atom stereocenters. The summed E-state index contributed by atoms with van der Waals surface area (Å²) in [6.45, 7) is 4.38. The zero-order valence-corrected chi connectivity index (χ0v) is 24.2. The predicted molar refractivity (Wildman–Crippen MR) is 153 cm³/mol. The van der Waals surface area contributed by atoms with Gasteiger partial charge in [-0.1, -0.05) is 58.4 Å². The van der Waals surface area contributed by atoms with Crippen LogP contribution in [0.1, 0.15) is 82.1 Å². The smallest absolute Gasteiger partial charge is 0.322 e. The Labute approximate surface area is 236 Å². The molecule has 0 saturated heterocycles. The van der Waals surface area contributed by atoms with Crippen LogP contribution in [0, 0.1) is 11.8 Å². The topological polar surface area (TPSA) is 132 Å².